The molecule has 0 aliphatic carbocycles. The molecule has 0 aromatic heterocycles. The summed E-state index contributed by atoms with van der Waals surface area (Å²) in [5.41, 5.74) is 1.31. The topological polar surface area (TPSA) is 44.4 Å². The summed E-state index contributed by atoms with van der Waals surface area (Å²) in [6.45, 7) is 3.20. The first kappa shape index (κ1) is 14.4. The van der Waals surface area contributed by atoms with Crippen LogP contribution in [0.2, 0.25) is 0 Å². The minimum absolute atomic E-state index is 0.112. The fourth-order valence-electron chi connectivity index (χ4n) is 1.73. The first-order valence-corrected chi connectivity index (χ1v) is 5.99. The van der Waals surface area contributed by atoms with Crippen LogP contribution in [0.5, 0.6) is 0 Å². The Kier molecular flexibility index (Phi) is 5.58. The maximum Gasteiger partial charge on any atom is 0.239 e. The molecule has 0 saturated carbocycles. The molecule has 0 saturated heterocycles. The highest BCUT2D eigenvalue weighted by molar-refractivity contribution is 5.81. The van der Waals surface area contributed by atoms with Gasteiger partial charge in [-0.2, -0.15) is 0 Å². The maximum absolute atomic E-state index is 13.9. The lowest BCUT2D eigenvalue weighted by Crippen LogP contribution is -2.35. The molecular weight excluding hydrogens is 233 g/mol. The van der Waals surface area contributed by atoms with Gasteiger partial charge in [0.1, 0.15) is 5.82 Å². The molecule has 0 aliphatic heterocycles. The van der Waals surface area contributed by atoms with E-state index in [0.29, 0.717) is 18.8 Å². The van der Waals surface area contributed by atoms with Gasteiger partial charge in [-0.25, -0.2) is 4.39 Å². The molecule has 0 unspecified atom stereocenters. The predicted molar refractivity (Wildman–Crippen MR) is 71.1 cm³/mol. The van der Waals surface area contributed by atoms with Gasteiger partial charge in [0.05, 0.1) is 12.2 Å². The van der Waals surface area contributed by atoms with Crippen LogP contribution in [0.15, 0.2) is 18.2 Å². The second-order valence-electron chi connectivity index (χ2n) is 4.13. The summed E-state index contributed by atoms with van der Waals surface area (Å²) in [6, 6.07) is 5.03. The smallest absolute Gasteiger partial charge is 0.239 e. The molecular formula is C13H20FN3O. The number of anilines is 1. The van der Waals surface area contributed by atoms with Gasteiger partial charge in [0.25, 0.3) is 0 Å². The van der Waals surface area contributed by atoms with Crippen molar-refractivity contribution in [3.63, 3.8) is 0 Å². The zero-order valence-corrected chi connectivity index (χ0v) is 11.1. The van der Waals surface area contributed by atoms with Crippen LogP contribution in [0.4, 0.5) is 10.1 Å². The van der Waals surface area contributed by atoms with Gasteiger partial charge < -0.3 is 15.5 Å². The van der Waals surface area contributed by atoms with Gasteiger partial charge in [-0.3, -0.25) is 4.79 Å². The third kappa shape index (κ3) is 4.00. The Hall–Kier alpha value is -1.62. The second-order valence-corrected chi connectivity index (χ2v) is 4.13. The number of halogens is 1. The Morgan fingerprint density at radius 2 is 2.17 bits per heavy atom. The molecule has 0 spiro atoms. The normalized spacial score (nSPS) is 10.2. The van der Waals surface area contributed by atoms with E-state index in [0.717, 1.165) is 5.56 Å². The SMILES string of the molecule is CCNC(=O)CN(C)c1ccc(CNC)cc1F. The third-order valence-corrected chi connectivity index (χ3v) is 2.56. The predicted octanol–water partition coefficient (Wildman–Crippen LogP) is 1.12. The number of hydrogen-bond acceptors (Lipinski definition) is 3. The number of nitrogens with zero attached hydrogens (tertiary/aromatic N) is 1. The van der Waals surface area contributed by atoms with Crippen molar-refractivity contribution in [3.05, 3.63) is 29.6 Å². The van der Waals surface area contributed by atoms with Gasteiger partial charge in [-0.05, 0) is 31.7 Å². The summed E-state index contributed by atoms with van der Waals surface area (Å²) < 4.78 is 13.9. The van der Waals surface area contributed by atoms with E-state index in [2.05, 4.69) is 10.6 Å². The Bertz CT molecular complexity index is 409. The van der Waals surface area contributed by atoms with Gasteiger partial charge in [0.2, 0.25) is 5.91 Å². The van der Waals surface area contributed by atoms with E-state index in [1.807, 2.05) is 20.0 Å². The van der Waals surface area contributed by atoms with Crippen molar-refractivity contribution in [1.29, 1.82) is 0 Å². The summed E-state index contributed by atoms with van der Waals surface area (Å²) in [7, 11) is 3.51. The van der Waals surface area contributed by atoms with E-state index < -0.39 is 0 Å². The highest BCUT2D eigenvalue weighted by atomic mass is 19.1. The summed E-state index contributed by atoms with van der Waals surface area (Å²) in [4.78, 5) is 13.0. The Balaban J connectivity index is 2.73. The minimum atomic E-state index is -0.311. The molecule has 1 amide bonds. The van der Waals surface area contributed by atoms with E-state index in [1.165, 1.54) is 6.07 Å². The maximum atomic E-state index is 13.9. The van der Waals surface area contributed by atoms with Crippen molar-refractivity contribution >= 4 is 11.6 Å². The number of carbonyl (C=O) groups excluding carboxylic acids is 1. The number of amides is 1. The first-order valence-electron chi connectivity index (χ1n) is 5.99. The molecule has 1 aromatic carbocycles. The molecule has 0 radical (unpaired) electrons. The molecule has 0 bridgehead atoms. The van der Waals surface area contributed by atoms with Crippen molar-refractivity contribution < 1.29 is 9.18 Å². The van der Waals surface area contributed by atoms with E-state index in [9.17, 15) is 9.18 Å². The molecule has 0 atom stereocenters. The van der Waals surface area contributed by atoms with Crippen molar-refractivity contribution in [3.8, 4) is 0 Å². The molecule has 0 heterocycles. The van der Waals surface area contributed by atoms with Crippen LogP contribution < -0.4 is 15.5 Å². The number of hydrogen-bond donors (Lipinski definition) is 2. The zero-order chi connectivity index (χ0) is 13.5. The summed E-state index contributed by atoms with van der Waals surface area (Å²) in [6.07, 6.45) is 0. The summed E-state index contributed by atoms with van der Waals surface area (Å²) >= 11 is 0. The Morgan fingerprint density at radius 1 is 1.44 bits per heavy atom. The third-order valence-electron chi connectivity index (χ3n) is 2.56. The molecule has 0 aliphatic rings. The molecule has 1 aromatic rings. The van der Waals surface area contributed by atoms with Crippen LogP contribution >= 0.6 is 0 Å². The van der Waals surface area contributed by atoms with Crippen LogP contribution in [0.1, 0.15) is 12.5 Å². The first-order chi connectivity index (χ1) is 8.58. The van der Waals surface area contributed by atoms with Crippen molar-refractivity contribution in [2.75, 3.05) is 32.1 Å². The van der Waals surface area contributed by atoms with Gasteiger partial charge >= 0.3 is 0 Å². The molecule has 18 heavy (non-hydrogen) atoms. The highest BCUT2D eigenvalue weighted by Gasteiger charge is 2.11. The molecule has 4 nitrogen and oxygen atoms in total. The summed E-state index contributed by atoms with van der Waals surface area (Å²) in [5.74, 6) is -0.423. The Labute approximate surface area is 107 Å². The number of carbonyl (C=O) groups is 1. The average molecular weight is 253 g/mol. The largest absolute Gasteiger partial charge is 0.363 e. The van der Waals surface area contributed by atoms with Gasteiger partial charge in [-0.15, -0.1) is 0 Å². The lowest BCUT2D eigenvalue weighted by atomic mass is 10.2. The lowest BCUT2D eigenvalue weighted by Gasteiger charge is -2.19. The number of nitrogens with one attached hydrogen (secondary N) is 2. The Morgan fingerprint density at radius 3 is 2.72 bits per heavy atom. The van der Waals surface area contributed by atoms with E-state index in [1.54, 1.807) is 18.0 Å². The van der Waals surface area contributed by atoms with Crippen molar-refractivity contribution in [2.24, 2.45) is 0 Å². The average Bonchev–Trinajstić information content (AvgIpc) is 2.29. The minimum Gasteiger partial charge on any atom is -0.363 e. The van der Waals surface area contributed by atoms with Crippen LogP contribution in [-0.2, 0) is 11.3 Å². The van der Waals surface area contributed by atoms with E-state index in [4.69, 9.17) is 0 Å². The standard InChI is InChI=1S/C13H20FN3O/c1-4-16-13(18)9-17(3)12-6-5-10(8-15-2)7-11(12)14/h5-7,15H,4,8-9H2,1-3H3,(H,16,18). The van der Waals surface area contributed by atoms with Gasteiger partial charge in [-0.1, -0.05) is 6.07 Å². The van der Waals surface area contributed by atoms with Gasteiger partial charge in [0.15, 0.2) is 0 Å². The van der Waals surface area contributed by atoms with Crippen LogP contribution in [0.3, 0.4) is 0 Å². The highest BCUT2D eigenvalue weighted by Crippen LogP contribution is 2.19. The fourth-order valence-corrected chi connectivity index (χ4v) is 1.73. The van der Waals surface area contributed by atoms with E-state index >= 15 is 0 Å². The molecule has 2 N–H and O–H groups in total. The number of rotatable bonds is 6. The molecule has 0 fully saturated rings. The van der Waals surface area contributed by atoms with Crippen molar-refractivity contribution in [2.45, 2.75) is 13.5 Å². The number of likely N-dealkylation sites (N-methyl/N-ethyl adjacent to an activating group) is 2. The quantitative estimate of drug-likeness (QED) is 0.798. The molecule has 1 rings (SSSR count). The van der Waals surface area contributed by atoms with Crippen molar-refractivity contribution in [1.82, 2.24) is 10.6 Å². The fraction of sp³-hybridized carbons (Fsp3) is 0.462. The van der Waals surface area contributed by atoms with E-state index in [-0.39, 0.29) is 18.3 Å². The van der Waals surface area contributed by atoms with Gasteiger partial charge in [0, 0.05) is 20.1 Å². The van der Waals surface area contributed by atoms with Crippen LogP contribution in [0.25, 0.3) is 0 Å². The lowest BCUT2D eigenvalue weighted by molar-refractivity contribution is -0.119. The van der Waals surface area contributed by atoms with Crippen LogP contribution in [0, 0.1) is 5.82 Å². The molecule has 5 heteroatoms. The zero-order valence-electron chi connectivity index (χ0n) is 11.1. The van der Waals surface area contributed by atoms with Crippen LogP contribution in [-0.4, -0.2) is 33.1 Å². The molecule has 100 valence electrons. The monoisotopic (exact) mass is 253 g/mol. The number of benzene rings is 1. The summed E-state index contributed by atoms with van der Waals surface area (Å²) in [5, 5.41) is 5.65. The second kappa shape index (κ2) is 6.96.